The van der Waals surface area contributed by atoms with Crippen molar-refractivity contribution in [3.8, 4) is 5.75 Å². The van der Waals surface area contributed by atoms with Crippen molar-refractivity contribution in [1.82, 2.24) is 9.97 Å². The Hall–Kier alpha value is -2.48. The van der Waals surface area contributed by atoms with Gasteiger partial charge < -0.3 is 10.1 Å². The van der Waals surface area contributed by atoms with Gasteiger partial charge in [-0.15, -0.1) is 0 Å². The molecule has 0 fully saturated rings. The average molecular weight is 299 g/mol. The van der Waals surface area contributed by atoms with Crippen molar-refractivity contribution in [3.63, 3.8) is 0 Å². The Bertz CT molecular complexity index is 668. The molecule has 0 amide bonds. The molecule has 1 N–H and O–H groups in total. The monoisotopic (exact) mass is 298 g/mol. The first-order chi connectivity index (χ1) is 9.51. The van der Waals surface area contributed by atoms with Crippen molar-refractivity contribution in [2.45, 2.75) is 0 Å². The Balaban J connectivity index is 2.44. The zero-order chi connectivity index (χ0) is 14.7. The van der Waals surface area contributed by atoms with Gasteiger partial charge in [0.15, 0.2) is 0 Å². The van der Waals surface area contributed by atoms with Gasteiger partial charge >= 0.3 is 5.69 Å². The fourth-order valence-corrected chi connectivity index (χ4v) is 1.61. The van der Waals surface area contributed by atoms with Crippen LogP contribution in [0.25, 0.3) is 0 Å². The number of aromatic nitrogens is 2. The number of ether oxygens (including phenoxy) is 1. The van der Waals surface area contributed by atoms with Crippen molar-refractivity contribution in [1.29, 1.82) is 0 Å². The standard InChI is InChI=1S/C11H8ClFN4O3/c1-20-9-4-6(13)2-3-7(9)15-10-8(17(18)19)5-14-11(12)16-10/h2-5H,1H3,(H,14,15,16). The van der Waals surface area contributed by atoms with Crippen LogP contribution in [-0.2, 0) is 0 Å². The summed E-state index contributed by atoms with van der Waals surface area (Å²) in [5.41, 5.74) is -0.0486. The molecule has 2 rings (SSSR count). The van der Waals surface area contributed by atoms with Crippen LogP contribution in [0.4, 0.5) is 21.6 Å². The van der Waals surface area contributed by atoms with Crippen LogP contribution in [0.3, 0.4) is 0 Å². The highest BCUT2D eigenvalue weighted by Crippen LogP contribution is 2.31. The minimum absolute atomic E-state index is 0.111. The molecule has 0 aliphatic carbocycles. The molecule has 0 saturated heterocycles. The minimum Gasteiger partial charge on any atom is -0.494 e. The molecule has 0 saturated carbocycles. The van der Waals surface area contributed by atoms with Gasteiger partial charge in [-0.2, -0.15) is 4.98 Å². The zero-order valence-corrected chi connectivity index (χ0v) is 10.9. The SMILES string of the molecule is COc1cc(F)ccc1Nc1nc(Cl)ncc1[N+](=O)[O-]. The van der Waals surface area contributed by atoms with Crippen LogP contribution in [-0.4, -0.2) is 22.0 Å². The molecule has 9 heteroatoms. The van der Waals surface area contributed by atoms with Crippen LogP contribution in [0.5, 0.6) is 5.75 Å². The molecular formula is C11H8ClFN4O3. The van der Waals surface area contributed by atoms with Gasteiger partial charge in [0, 0.05) is 6.07 Å². The van der Waals surface area contributed by atoms with Crippen molar-refractivity contribution >= 4 is 28.8 Å². The summed E-state index contributed by atoms with van der Waals surface area (Å²) in [4.78, 5) is 17.5. The second-order valence-electron chi connectivity index (χ2n) is 3.60. The predicted molar refractivity (Wildman–Crippen MR) is 69.9 cm³/mol. The van der Waals surface area contributed by atoms with E-state index >= 15 is 0 Å². The van der Waals surface area contributed by atoms with Gasteiger partial charge in [0.2, 0.25) is 11.1 Å². The van der Waals surface area contributed by atoms with Crippen molar-refractivity contribution in [2.75, 3.05) is 12.4 Å². The van der Waals surface area contributed by atoms with Gasteiger partial charge in [0.05, 0.1) is 17.7 Å². The Labute approximate surface area is 117 Å². The van der Waals surface area contributed by atoms with Crippen molar-refractivity contribution in [2.24, 2.45) is 0 Å². The fraction of sp³-hybridized carbons (Fsp3) is 0.0909. The van der Waals surface area contributed by atoms with E-state index in [0.29, 0.717) is 5.69 Å². The summed E-state index contributed by atoms with van der Waals surface area (Å²) in [5, 5.41) is 13.4. The molecule has 1 aromatic heterocycles. The van der Waals surface area contributed by atoms with Crippen molar-refractivity contribution < 1.29 is 14.1 Å². The molecular weight excluding hydrogens is 291 g/mol. The van der Waals surface area contributed by atoms with Gasteiger partial charge in [-0.1, -0.05) is 0 Å². The minimum atomic E-state index is -0.658. The molecule has 1 heterocycles. The van der Waals surface area contributed by atoms with Gasteiger partial charge in [0.1, 0.15) is 17.8 Å². The summed E-state index contributed by atoms with van der Waals surface area (Å²) in [5.74, 6) is -0.434. The summed E-state index contributed by atoms with van der Waals surface area (Å²) in [6.45, 7) is 0. The first-order valence-electron chi connectivity index (χ1n) is 5.28. The third-order valence-electron chi connectivity index (χ3n) is 2.35. The third kappa shape index (κ3) is 2.91. The average Bonchev–Trinajstić information content (AvgIpc) is 2.40. The van der Waals surface area contributed by atoms with E-state index in [1.165, 1.54) is 19.2 Å². The molecule has 0 bridgehead atoms. The smallest absolute Gasteiger partial charge is 0.329 e. The maximum atomic E-state index is 13.1. The Kier molecular flexibility index (Phi) is 3.94. The van der Waals surface area contributed by atoms with E-state index in [-0.39, 0.29) is 22.5 Å². The largest absolute Gasteiger partial charge is 0.494 e. The molecule has 104 valence electrons. The number of anilines is 2. The van der Waals surface area contributed by atoms with E-state index in [4.69, 9.17) is 16.3 Å². The van der Waals surface area contributed by atoms with E-state index < -0.39 is 10.7 Å². The third-order valence-corrected chi connectivity index (χ3v) is 2.54. The summed E-state index contributed by atoms with van der Waals surface area (Å²) in [7, 11) is 1.35. The lowest BCUT2D eigenvalue weighted by molar-refractivity contribution is -0.384. The lowest BCUT2D eigenvalue weighted by Crippen LogP contribution is -2.02. The van der Waals surface area contributed by atoms with Crippen LogP contribution < -0.4 is 10.1 Å². The first kappa shape index (κ1) is 13.9. The van der Waals surface area contributed by atoms with E-state index in [9.17, 15) is 14.5 Å². The summed E-state index contributed by atoms with van der Waals surface area (Å²) < 4.78 is 18.1. The normalized spacial score (nSPS) is 10.2. The first-order valence-corrected chi connectivity index (χ1v) is 5.66. The maximum Gasteiger partial charge on any atom is 0.329 e. The number of hydrogen-bond acceptors (Lipinski definition) is 6. The molecule has 0 atom stereocenters. The second kappa shape index (κ2) is 5.66. The summed E-state index contributed by atoms with van der Waals surface area (Å²) in [6.07, 6.45) is 0.980. The molecule has 1 aromatic carbocycles. The number of hydrogen-bond donors (Lipinski definition) is 1. The van der Waals surface area contributed by atoms with Crippen molar-refractivity contribution in [3.05, 3.63) is 45.6 Å². The van der Waals surface area contributed by atoms with E-state index in [1.54, 1.807) is 0 Å². The number of nitro groups is 1. The Morgan fingerprint density at radius 1 is 1.50 bits per heavy atom. The number of nitrogens with one attached hydrogen (secondary N) is 1. The number of benzene rings is 1. The Morgan fingerprint density at radius 2 is 2.25 bits per heavy atom. The van der Waals surface area contributed by atoms with Gasteiger partial charge in [-0.3, -0.25) is 10.1 Å². The highest BCUT2D eigenvalue weighted by Gasteiger charge is 2.18. The van der Waals surface area contributed by atoms with Crippen LogP contribution >= 0.6 is 11.6 Å². The predicted octanol–water partition coefficient (Wildman–Crippen LogP) is 2.93. The molecule has 0 aliphatic heterocycles. The molecule has 0 aliphatic rings. The molecule has 2 aromatic rings. The topological polar surface area (TPSA) is 90.2 Å². The number of nitrogens with zero attached hydrogens (tertiary/aromatic N) is 3. The summed E-state index contributed by atoms with van der Waals surface area (Å²) in [6, 6.07) is 3.68. The van der Waals surface area contributed by atoms with E-state index in [1.807, 2.05) is 0 Å². The zero-order valence-electron chi connectivity index (χ0n) is 10.1. The fourth-order valence-electron chi connectivity index (χ4n) is 1.48. The molecule has 7 nitrogen and oxygen atoms in total. The highest BCUT2D eigenvalue weighted by atomic mass is 35.5. The molecule has 0 radical (unpaired) electrons. The summed E-state index contributed by atoms with van der Waals surface area (Å²) >= 11 is 5.61. The van der Waals surface area contributed by atoms with Gasteiger partial charge in [-0.25, -0.2) is 9.37 Å². The Morgan fingerprint density at radius 3 is 2.90 bits per heavy atom. The number of rotatable bonds is 4. The highest BCUT2D eigenvalue weighted by molar-refractivity contribution is 6.28. The van der Waals surface area contributed by atoms with Gasteiger partial charge in [-0.05, 0) is 23.7 Å². The lowest BCUT2D eigenvalue weighted by atomic mass is 10.2. The number of methoxy groups -OCH3 is 1. The van der Waals surface area contributed by atoms with Crippen LogP contribution in [0, 0.1) is 15.9 Å². The molecule has 20 heavy (non-hydrogen) atoms. The van der Waals surface area contributed by atoms with E-state index in [0.717, 1.165) is 12.3 Å². The van der Waals surface area contributed by atoms with Crippen LogP contribution in [0.15, 0.2) is 24.4 Å². The van der Waals surface area contributed by atoms with Gasteiger partial charge in [0.25, 0.3) is 0 Å². The molecule has 0 unspecified atom stereocenters. The lowest BCUT2D eigenvalue weighted by Gasteiger charge is -2.10. The maximum absolute atomic E-state index is 13.1. The van der Waals surface area contributed by atoms with E-state index in [2.05, 4.69) is 15.3 Å². The van der Waals surface area contributed by atoms with Crippen LogP contribution in [0.2, 0.25) is 5.28 Å². The quantitative estimate of drug-likeness (QED) is 0.530. The van der Waals surface area contributed by atoms with Crippen LogP contribution in [0.1, 0.15) is 0 Å². The number of halogens is 2. The molecule has 0 spiro atoms. The second-order valence-corrected chi connectivity index (χ2v) is 3.94.